The van der Waals surface area contributed by atoms with Crippen LogP contribution in [0.3, 0.4) is 0 Å². The zero-order valence-corrected chi connectivity index (χ0v) is 32.3. The molecule has 308 valence electrons. The SMILES string of the molecule is CCC(COC(=O)OOC(=O)c1ccc(OC(C)C)cc1)(COC(=O)OOC(=O)c1ccc(OC(C)C)cc1)COC(=O)OOC(=O)c1ccc(OC(C)C)cc1. The molecule has 18 heteroatoms. The molecule has 0 aliphatic rings. The van der Waals surface area contributed by atoms with Crippen molar-refractivity contribution < 1.29 is 86.5 Å². The third-order valence-electron chi connectivity index (χ3n) is 7.18. The van der Waals surface area contributed by atoms with Crippen LogP contribution in [0.25, 0.3) is 0 Å². The van der Waals surface area contributed by atoms with E-state index in [9.17, 15) is 28.8 Å². The molecule has 0 aliphatic heterocycles. The van der Waals surface area contributed by atoms with Gasteiger partial charge in [0.15, 0.2) is 0 Å². The molecule has 0 spiro atoms. The third-order valence-corrected chi connectivity index (χ3v) is 7.18. The highest BCUT2D eigenvalue weighted by Gasteiger charge is 2.36. The summed E-state index contributed by atoms with van der Waals surface area (Å²) < 4.78 is 31.8. The van der Waals surface area contributed by atoms with Crippen LogP contribution in [0, 0.1) is 5.41 Å². The normalized spacial score (nSPS) is 10.8. The molecule has 3 aromatic rings. The Labute approximate surface area is 327 Å². The minimum absolute atomic E-state index is 0.0244. The highest BCUT2D eigenvalue weighted by Crippen LogP contribution is 2.26. The van der Waals surface area contributed by atoms with Gasteiger partial charge in [0, 0.05) is 0 Å². The Hall–Kier alpha value is -6.72. The molecular weight excluding hydrogens is 756 g/mol. The molecule has 0 saturated heterocycles. The van der Waals surface area contributed by atoms with E-state index in [-0.39, 0.29) is 41.4 Å². The summed E-state index contributed by atoms with van der Waals surface area (Å²) in [5.41, 5.74) is -1.48. The second kappa shape index (κ2) is 22.0. The van der Waals surface area contributed by atoms with E-state index in [1.54, 1.807) is 6.92 Å². The van der Waals surface area contributed by atoms with E-state index < -0.39 is 61.6 Å². The van der Waals surface area contributed by atoms with Crippen molar-refractivity contribution in [2.45, 2.75) is 73.2 Å². The van der Waals surface area contributed by atoms with Gasteiger partial charge < -0.3 is 28.4 Å². The molecule has 3 aromatic carbocycles. The number of carbonyl (C=O) groups is 6. The quantitative estimate of drug-likeness (QED) is 0.0593. The van der Waals surface area contributed by atoms with E-state index >= 15 is 0 Å². The highest BCUT2D eigenvalue weighted by molar-refractivity contribution is 5.90. The van der Waals surface area contributed by atoms with Crippen LogP contribution in [-0.4, -0.2) is 74.5 Å². The zero-order valence-electron chi connectivity index (χ0n) is 32.3. The Kier molecular flexibility index (Phi) is 17.2. The monoisotopic (exact) mass is 800 g/mol. The maximum absolute atomic E-state index is 12.4. The highest BCUT2D eigenvalue weighted by atomic mass is 17.2. The Morgan fingerprint density at radius 1 is 0.421 bits per heavy atom. The van der Waals surface area contributed by atoms with Crippen molar-refractivity contribution in [3.63, 3.8) is 0 Å². The van der Waals surface area contributed by atoms with E-state index in [2.05, 4.69) is 29.3 Å². The van der Waals surface area contributed by atoms with Crippen molar-refractivity contribution in [2.75, 3.05) is 19.8 Å². The van der Waals surface area contributed by atoms with Crippen molar-refractivity contribution in [3.8, 4) is 17.2 Å². The lowest BCUT2D eigenvalue weighted by molar-refractivity contribution is -0.217. The molecule has 0 unspecified atom stereocenters. The Morgan fingerprint density at radius 3 is 0.877 bits per heavy atom. The van der Waals surface area contributed by atoms with Crippen LogP contribution in [0.4, 0.5) is 14.4 Å². The number of benzene rings is 3. The molecule has 0 aliphatic carbocycles. The van der Waals surface area contributed by atoms with Crippen molar-refractivity contribution >= 4 is 36.4 Å². The average molecular weight is 801 g/mol. The summed E-state index contributed by atoms with van der Waals surface area (Å²) >= 11 is 0. The second-order valence-corrected chi connectivity index (χ2v) is 12.9. The van der Waals surface area contributed by atoms with Gasteiger partial charge >= 0.3 is 36.4 Å². The zero-order chi connectivity index (χ0) is 42.0. The first-order valence-corrected chi connectivity index (χ1v) is 17.5. The Bertz CT molecular complexity index is 1580. The van der Waals surface area contributed by atoms with Gasteiger partial charge in [0.05, 0.1) is 40.4 Å². The minimum Gasteiger partial charge on any atom is -0.491 e. The number of rotatable bonds is 16. The fourth-order valence-corrected chi connectivity index (χ4v) is 4.32. The van der Waals surface area contributed by atoms with Gasteiger partial charge in [0.25, 0.3) is 0 Å². The molecule has 18 nitrogen and oxygen atoms in total. The first-order valence-electron chi connectivity index (χ1n) is 17.5. The predicted molar refractivity (Wildman–Crippen MR) is 193 cm³/mol. The van der Waals surface area contributed by atoms with Crippen LogP contribution in [0.5, 0.6) is 17.2 Å². The number of ether oxygens (including phenoxy) is 6. The lowest BCUT2D eigenvalue weighted by Gasteiger charge is -2.29. The number of carbonyl (C=O) groups excluding carboxylic acids is 6. The predicted octanol–water partition coefficient (Wildman–Crippen LogP) is 7.52. The summed E-state index contributed by atoms with van der Waals surface area (Å²) in [4.78, 5) is 102. The number of hydrogen-bond donors (Lipinski definition) is 0. The van der Waals surface area contributed by atoms with E-state index in [1.165, 1.54) is 72.8 Å². The molecule has 0 N–H and O–H groups in total. The summed E-state index contributed by atoms with van der Waals surface area (Å²) in [6.07, 6.45) is -4.82. The van der Waals surface area contributed by atoms with Crippen LogP contribution < -0.4 is 14.2 Å². The van der Waals surface area contributed by atoms with Gasteiger partial charge in [-0.15, -0.1) is 0 Å². The maximum atomic E-state index is 12.4. The summed E-state index contributed by atoms with van der Waals surface area (Å²) in [5.74, 6) is -1.62. The average Bonchev–Trinajstić information content (AvgIpc) is 3.18. The molecule has 0 atom stereocenters. The van der Waals surface area contributed by atoms with Gasteiger partial charge in [-0.05, 0) is 121 Å². The summed E-state index contributed by atoms with van der Waals surface area (Å²) in [6, 6.07) is 17.4. The lowest BCUT2D eigenvalue weighted by atomic mass is 9.88. The largest absolute Gasteiger partial charge is 0.549 e. The molecule has 0 bridgehead atoms. The van der Waals surface area contributed by atoms with Crippen molar-refractivity contribution in [1.29, 1.82) is 0 Å². The van der Waals surface area contributed by atoms with Crippen molar-refractivity contribution in [1.82, 2.24) is 0 Å². The minimum atomic E-state index is -1.56. The van der Waals surface area contributed by atoms with Gasteiger partial charge in [-0.1, -0.05) is 6.92 Å². The van der Waals surface area contributed by atoms with Crippen LogP contribution in [0.1, 0.15) is 86.0 Å². The standard InChI is InChI=1S/C39H44O18/c1-8-39(21-46-36(43)55-52-33(40)27-9-15-30(16-10-27)49-24(2)3,22-47-37(44)56-53-34(41)28-11-17-31(18-12-28)50-25(4)5)23-48-38(45)57-54-35(42)29-13-19-32(20-14-29)51-26(6)7/h9-20,24-26H,8,21-23H2,1-7H3. The van der Waals surface area contributed by atoms with Gasteiger partial charge in [0.1, 0.15) is 37.1 Å². The number of hydrogen-bond acceptors (Lipinski definition) is 18. The van der Waals surface area contributed by atoms with Crippen molar-refractivity contribution in [2.24, 2.45) is 5.41 Å². The van der Waals surface area contributed by atoms with E-state index in [0.717, 1.165) is 0 Å². The lowest BCUT2D eigenvalue weighted by Crippen LogP contribution is -2.39. The smallest absolute Gasteiger partial charge is 0.491 e. The summed E-state index contributed by atoms with van der Waals surface area (Å²) in [6.45, 7) is 10.5. The van der Waals surface area contributed by atoms with Gasteiger partial charge in [0.2, 0.25) is 0 Å². The first kappa shape index (κ1) is 44.7. The van der Waals surface area contributed by atoms with Crippen LogP contribution in [0.15, 0.2) is 72.8 Å². The molecule has 0 radical (unpaired) electrons. The summed E-state index contributed by atoms with van der Waals surface area (Å²) in [7, 11) is 0. The third kappa shape index (κ3) is 15.9. The summed E-state index contributed by atoms with van der Waals surface area (Å²) in [5, 5.41) is 0. The molecule has 0 fully saturated rings. The van der Waals surface area contributed by atoms with Gasteiger partial charge in [-0.25, -0.2) is 43.7 Å². The first-order chi connectivity index (χ1) is 27.1. The van der Waals surface area contributed by atoms with Gasteiger partial charge in [-0.2, -0.15) is 14.4 Å². The molecule has 0 aromatic heterocycles. The molecule has 0 saturated carbocycles. The van der Waals surface area contributed by atoms with Crippen LogP contribution in [-0.2, 0) is 43.5 Å². The Morgan fingerprint density at radius 2 is 0.667 bits per heavy atom. The fourth-order valence-electron chi connectivity index (χ4n) is 4.32. The second-order valence-electron chi connectivity index (χ2n) is 12.9. The van der Waals surface area contributed by atoms with E-state index in [0.29, 0.717) is 17.2 Å². The van der Waals surface area contributed by atoms with E-state index in [4.69, 9.17) is 28.4 Å². The van der Waals surface area contributed by atoms with E-state index in [1.807, 2.05) is 41.5 Å². The molecule has 3 rings (SSSR count). The molecule has 0 heterocycles. The molecular formula is C39H44O18. The van der Waals surface area contributed by atoms with Crippen molar-refractivity contribution in [3.05, 3.63) is 89.5 Å². The Balaban J connectivity index is 1.59. The molecule has 57 heavy (non-hydrogen) atoms. The van der Waals surface area contributed by atoms with Crippen LogP contribution >= 0.6 is 0 Å². The topological polar surface area (TPSA) is 213 Å². The van der Waals surface area contributed by atoms with Crippen LogP contribution in [0.2, 0.25) is 0 Å². The van der Waals surface area contributed by atoms with Gasteiger partial charge in [-0.3, -0.25) is 0 Å². The molecule has 0 amide bonds. The fraction of sp³-hybridized carbons (Fsp3) is 0.385. The maximum Gasteiger partial charge on any atom is 0.549 e.